The molecule has 9 atom stereocenters. The first kappa shape index (κ1) is 31.0. The van der Waals surface area contributed by atoms with Crippen LogP contribution in [0.5, 0.6) is 0 Å². The number of hydrogen-bond acceptors (Lipinski definition) is 2. The Balaban J connectivity index is 1.41. The SMILES string of the molecule is CC(CC[C@@H](C)[C@H]1CC[C@H]2[C@@H]3CC=C4C[C@@H](O[Si](C)(C)C)CC[C@]4(C)[C@H]3CC[C@]12C)C(C)(C)O[Si](C)(C)C. The number of rotatable bonds is 9. The molecule has 1 unspecified atom stereocenters. The van der Waals surface area contributed by atoms with E-state index in [-0.39, 0.29) is 5.60 Å². The standard InChI is InChI=1S/C34H64O2Si2/c1-24(13-14-25(2)32(3,4)36-38(10,11)12)29-17-18-30-28-16-15-26-23-27(35-37(7,8)9)19-21-33(26,5)31(28)20-22-34(29,30)6/h15,24-25,27-31H,13-14,16-23H2,1-12H3/t24-,25?,27+,28+,29-,30+,31+,33+,34-/m1/s1. The Morgan fingerprint density at radius 3 is 2.21 bits per heavy atom. The highest BCUT2D eigenvalue weighted by Gasteiger charge is 2.59. The molecule has 38 heavy (non-hydrogen) atoms. The molecule has 0 saturated heterocycles. The van der Waals surface area contributed by atoms with Crippen molar-refractivity contribution in [2.75, 3.05) is 0 Å². The van der Waals surface area contributed by atoms with Crippen molar-refractivity contribution in [1.29, 1.82) is 0 Å². The van der Waals surface area contributed by atoms with E-state index < -0.39 is 16.6 Å². The highest BCUT2D eigenvalue weighted by Crippen LogP contribution is 2.67. The zero-order valence-corrected chi connectivity index (χ0v) is 29.5. The molecular formula is C34H64O2Si2. The lowest BCUT2D eigenvalue weighted by molar-refractivity contribution is -0.0570. The minimum Gasteiger partial charge on any atom is -0.414 e. The Bertz CT molecular complexity index is 867. The van der Waals surface area contributed by atoms with Crippen molar-refractivity contribution in [3.05, 3.63) is 11.6 Å². The van der Waals surface area contributed by atoms with Gasteiger partial charge in [0.2, 0.25) is 0 Å². The summed E-state index contributed by atoms with van der Waals surface area (Å²) in [4.78, 5) is 0. The third-order valence-electron chi connectivity index (χ3n) is 12.2. The van der Waals surface area contributed by atoms with Crippen LogP contribution in [-0.4, -0.2) is 28.3 Å². The van der Waals surface area contributed by atoms with E-state index in [4.69, 9.17) is 8.85 Å². The predicted octanol–water partition coefficient (Wildman–Crippen LogP) is 10.5. The van der Waals surface area contributed by atoms with E-state index in [1.54, 1.807) is 5.57 Å². The second-order valence-corrected chi connectivity index (χ2v) is 26.2. The number of allylic oxidation sites excluding steroid dienone is 1. The lowest BCUT2D eigenvalue weighted by atomic mass is 9.47. The maximum absolute atomic E-state index is 6.62. The van der Waals surface area contributed by atoms with Gasteiger partial charge in [-0.25, -0.2) is 0 Å². The van der Waals surface area contributed by atoms with E-state index in [9.17, 15) is 0 Å². The predicted molar refractivity (Wildman–Crippen MR) is 169 cm³/mol. The molecular weight excluding hydrogens is 497 g/mol. The van der Waals surface area contributed by atoms with Crippen LogP contribution >= 0.6 is 0 Å². The number of hydrogen-bond donors (Lipinski definition) is 0. The van der Waals surface area contributed by atoms with Crippen LogP contribution in [0.2, 0.25) is 39.3 Å². The summed E-state index contributed by atoms with van der Waals surface area (Å²) in [5.74, 6) is 5.09. The molecule has 4 heteroatoms. The molecule has 0 radical (unpaired) electrons. The molecule has 220 valence electrons. The Morgan fingerprint density at radius 2 is 1.58 bits per heavy atom. The normalized spacial score (nSPS) is 39.6. The third-order valence-corrected chi connectivity index (χ3v) is 14.3. The molecule has 4 aliphatic carbocycles. The van der Waals surface area contributed by atoms with Gasteiger partial charge >= 0.3 is 0 Å². The fraction of sp³-hybridized carbons (Fsp3) is 0.941. The van der Waals surface area contributed by atoms with Crippen LogP contribution in [0.3, 0.4) is 0 Å². The van der Waals surface area contributed by atoms with Crippen molar-refractivity contribution in [3.63, 3.8) is 0 Å². The molecule has 0 N–H and O–H groups in total. The summed E-state index contributed by atoms with van der Waals surface area (Å²) in [6.45, 7) is 29.2. The first-order valence-corrected chi connectivity index (χ1v) is 23.2. The summed E-state index contributed by atoms with van der Waals surface area (Å²) >= 11 is 0. The monoisotopic (exact) mass is 560 g/mol. The van der Waals surface area contributed by atoms with Gasteiger partial charge in [0.05, 0.1) is 5.60 Å². The second-order valence-electron chi connectivity index (χ2n) is 17.4. The van der Waals surface area contributed by atoms with Gasteiger partial charge in [-0.1, -0.05) is 45.8 Å². The minimum atomic E-state index is -1.53. The summed E-state index contributed by atoms with van der Waals surface area (Å²) in [5, 5.41) is 0. The summed E-state index contributed by atoms with van der Waals surface area (Å²) in [7, 11) is -3.01. The smallest absolute Gasteiger partial charge is 0.184 e. The molecule has 0 aliphatic heterocycles. The van der Waals surface area contributed by atoms with Gasteiger partial charge in [0.15, 0.2) is 16.6 Å². The van der Waals surface area contributed by atoms with E-state index in [1.807, 2.05) is 0 Å². The zero-order valence-electron chi connectivity index (χ0n) is 27.5. The molecule has 0 heterocycles. The van der Waals surface area contributed by atoms with E-state index in [0.717, 1.165) is 29.6 Å². The first-order valence-electron chi connectivity index (χ1n) is 16.4. The van der Waals surface area contributed by atoms with Gasteiger partial charge < -0.3 is 8.85 Å². The van der Waals surface area contributed by atoms with Gasteiger partial charge in [-0.2, -0.15) is 0 Å². The van der Waals surface area contributed by atoms with E-state index in [0.29, 0.717) is 22.9 Å². The Labute approximate surface area is 239 Å². The van der Waals surface area contributed by atoms with Crippen LogP contribution < -0.4 is 0 Å². The molecule has 0 aromatic carbocycles. The Kier molecular flexibility index (Phi) is 8.77. The van der Waals surface area contributed by atoms with Gasteiger partial charge in [0, 0.05) is 6.10 Å². The van der Waals surface area contributed by atoms with Crippen LogP contribution in [0.25, 0.3) is 0 Å². The second kappa shape index (κ2) is 10.7. The first-order chi connectivity index (χ1) is 17.4. The van der Waals surface area contributed by atoms with Gasteiger partial charge in [-0.05, 0) is 157 Å². The van der Waals surface area contributed by atoms with Gasteiger partial charge in [-0.15, -0.1) is 0 Å². The molecule has 0 aromatic rings. The molecule has 0 amide bonds. The molecule has 0 spiro atoms. The van der Waals surface area contributed by atoms with Crippen molar-refractivity contribution < 1.29 is 8.85 Å². The fourth-order valence-corrected chi connectivity index (χ4v) is 13.1. The molecule has 4 aliphatic rings. The summed E-state index contributed by atoms with van der Waals surface area (Å²) in [6.07, 6.45) is 16.9. The molecule has 4 rings (SSSR count). The topological polar surface area (TPSA) is 18.5 Å². The van der Waals surface area contributed by atoms with Crippen LogP contribution in [0.4, 0.5) is 0 Å². The third kappa shape index (κ3) is 6.29. The van der Waals surface area contributed by atoms with Gasteiger partial charge in [0.1, 0.15) is 0 Å². The lowest BCUT2D eigenvalue weighted by Gasteiger charge is -2.58. The quantitative estimate of drug-likeness (QED) is 0.206. The highest BCUT2D eigenvalue weighted by molar-refractivity contribution is 6.70. The van der Waals surface area contributed by atoms with Crippen molar-refractivity contribution >= 4 is 16.6 Å². The van der Waals surface area contributed by atoms with Crippen molar-refractivity contribution in [2.45, 2.75) is 157 Å². The van der Waals surface area contributed by atoms with Gasteiger partial charge in [-0.3, -0.25) is 0 Å². The molecule has 2 nitrogen and oxygen atoms in total. The summed E-state index contributed by atoms with van der Waals surface area (Å²) < 4.78 is 13.2. The average Bonchev–Trinajstić information content (AvgIpc) is 3.12. The van der Waals surface area contributed by atoms with Crippen molar-refractivity contribution in [3.8, 4) is 0 Å². The van der Waals surface area contributed by atoms with Crippen LogP contribution in [0, 0.1) is 46.3 Å². The fourth-order valence-electron chi connectivity index (χ4n) is 10.2. The number of fused-ring (bicyclic) bond motifs is 5. The largest absolute Gasteiger partial charge is 0.414 e. The Hall–Kier alpha value is 0.0938. The van der Waals surface area contributed by atoms with E-state index in [2.05, 4.69) is 86.9 Å². The van der Waals surface area contributed by atoms with Crippen LogP contribution in [-0.2, 0) is 8.85 Å². The lowest BCUT2D eigenvalue weighted by Crippen LogP contribution is -2.51. The van der Waals surface area contributed by atoms with E-state index >= 15 is 0 Å². The van der Waals surface area contributed by atoms with Crippen LogP contribution in [0.15, 0.2) is 11.6 Å². The highest BCUT2D eigenvalue weighted by atomic mass is 28.4. The molecule has 3 fully saturated rings. The molecule has 0 bridgehead atoms. The Morgan fingerprint density at radius 1 is 0.895 bits per heavy atom. The average molecular weight is 561 g/mol. The van der Waals surface area contributed by atoms with Gasteiger partial charge in [0.25, 0.3) is 0 Å². The van der Waals surface area contributed by atoms with E-state index in [1.165, 1.54) is 64.2 Å². The minimum absolute atomic E-state index is 0.00887. The summed E-state index contributed by atoms with van der Waals surface area (Å²) in [5.41, 5.74) is 2.75. The maximum atomic E-state index is 6.62. The van der Waals surface area contributed by atoms with Crippen LogP contribution in [0.1, 0.15) is 106 Å². The zero-order chi connectivity index (χ0) is 28.3. The molecule has 0 aromatic heterocycles. The molecule has 3 saturated carbocycles. The summed E-state index contributed by atoms with van der Waals surface area (Å²) in [6, 6.07) is 0. The van der Waals surface area contributed by atoms with Crippen molar-refractivity contribution in [2.24, 2.45) is 46.3 Å². The van der Waals surface area contributed by atoms with Crippen molar-refractivity contribution in [1.82, 2.24) is 0 Å². The maximum Gasteiger partial charge on any atom is 0.184 e.